The van der Waals surface area contributed by atoms with Crippen molar-refractivity contribution >= 4 is 28.6 Å². The van der Waals surface area contributed by atoms with Crippen LogP contribution >= 0.6 is 0 Å². The van der Waals surface area contributed by atoms with E-state index in [4.69, 9.17) is 9.47 Å². The van der Waals surface area contributed by atoms with Gasteiger partial charge in [-0.25, -0.2) is 0 Å². The number of hydrogen-bond acceptors (Lipinski definition) is 8. The third kappa shape index (κ3) is 7.91. The van der Waals surface area contributed by atoms with Gasteiger partial charge in [0.05, 0.1) is 20.4 Å². The van der Waals surface area contributed by atoms with Gasteiger partial charge in [0.15, 0.2) is 0 Å². The molecule has 0 aliphatic carbocycles. The third-order valence-corrected chi connectivity index (χ3v) is 10.2. The first-order valence-electron chi connectivity index (χ1n) is 17.4. The number of aryl methyl sites for hydroxylation is 1. The van der Waals surface area contributed by atoms with E-state index in [9.17, 15) is 19.2 Å². The predicted octanol–water partition coefficient (Wildman–Crippen LogP) is 3.86. The van der Waals surface area contributed by atoms with E-state index >= 15 is 0 Å². The van der Waals surface area contributed by atoms with E-state index in [-0.39, 0.29) is 29.2 Å². The van der Waals surface area contributed by atoms with Gasteiger partial charge in [-0.05, 0) is 86.4 Å². The lowest BCUT2D eigenvalue weighted by Crippen LogP contribution is -2.41. The Bertz CT molecular complexity index is 1880. The molecule has 3 N–H and O–H groups in total. The Kier molecular flexibility index (Phi) is 11.0. The topological polar surface area (TPSA) is 148 Å². The lowest BCUT2D eigenvalue weighted by Gasteiger charge is -2.32. The standard InChI is InChI=1S/C38H46N6O6/c1-43-23-31(30-22-40-42-36(30)38(43)48)28-20-32(49-2)29(33(21-28)50-3)5-4-6-34(45)39-15-18-44-16-13-26(14-17-44)25-9-7-24(8-10-25)19-27-11-12-35(46)41-37(27)47/h7-10,20-23,26-27H,4-6,11-19H2,1-3H3,(H,39,45)(H,40,42)(H,41,46,47). The van der Waals surface area contributed by atoms with Crippen LogP contribution in [0.25, 0.3) is 22.0 Å². The molecule has 1 atom stereocenters. The quantitative estimate of drug-likeness (QED) is 0.180. The maximum atomic E-state index is 12.7. The van der Waals surface area contributed by atoms with Crippen molar-refractivity contribution in [2.75, 3.05) is 40.4 Å². The van der Waals surface area contributed by atoms with Gasteiger partial charge >= 0.3 is 0 Å². The molecule has 2 fully saturated rings. The van der Waals surface area contributed by atoms with E-state index in [0.717, 1.165) is 60.1 Å². The molecule has 50 heavy (non-hydrogen) atoms. The number of H-pyrrole nitrogens is 1. The largest absolute Gasteiger partial charge is 0.496 e. The minimum atomic E-state index is -0.175. The third-order valence-electron chi connectivity index (χ3n) is 10.2. The number of benzene rings is 2. The molecular formula is C38H46N6O6. The summed E-state index contributed by atoms with van der Waals surface area (Å²) >= 11 is 0. The number of aromatic amines is 1. The van der Waals surface area contributed by atoms with Crippen LogP contribution < -0.4 is 25.7 Å². The number of nitrogens with one attached hydrogen (secondary N) is 3. The van der Waals surface area contributed by atoms with Crippen LogP contribution in [0.4, 0.5) is 0 Å². The van der Waals surface area contributed by atoms with Gasteiger partial charge in [-0.2, -0.15) is 5.10 Å². The molecule has 2 aliphatic rings. The van der Waals surface area contributed by atoms with Crippen LogP contribution in [0.15, 0.2) is 53.6 Å². The molecule has 0 bridgehead atoms. The number of methoxy groups -OCH3 is 2. The van der Waals surface area contributed by atoms with Crippen LogP contribution in [0.3, 0.4) is 0 Å². The normalized spacial score (nSPS) is 17.1. The summed E-state index contributed by atoms with van der Waals surface area (Å²) in [6.45, 7) is 3.41. The number of ether oxygens (including phenoxy) is 2. The average molecular weight is 683 g/mol. The molecule has 2 aromatic carbocycles. The molecule has 1 unspecified atom stereocenters. The fourth-order valence-electron chi connectivity index (χ4n) is 7.27. The van der Waals surface area contributed by atoms with Gasteiger partial charge in [-0.15, -0.1) is 0 Å². The zero-order valence-electron chi connectivity index (χ0n) is 29.0. The number of hydrogen-bond donors (Lipinski definition) is 3. The van der Waals surface area contributed by atoms with E-state index < -0.39 is 0 Å². The predicted molar refractivity (Wildman–Crippen MR) is 190 cm³/mol. The number of fused-ring (bicyclic) bond motifs is 1. The molecule has 2 saturated heterocycles. The highest BCUT2D eigenvalue weighted by Crippen LogP contribution is 2.38. The van der Waals surface area contributed by atoms with Crippen molar-refractivity contribution in [1.82, 2.24) is 30.3 Å². The van der Waals surface area contributed by atoms with Gasteiger partial charge in [0.25, 0.3) is 5.56 Å². The fourth-order valence-corrected chi connectivity index (χ4v) is 7.27. The fraction of sp³-hybridized carbons (Fsp3) is 0.447. The second kappa shape index (κ2) is 15.7. The van der Waals surface area contributed by atoms with Gasteiger partial charge in [0, 0.05) is 61.6 Å². The Labute approximate surface area is 291 Å². The van der Waals surface area contributed by atoms with Gasteiger partial charge in [0.1, 0.15) is 17.0 Å². The number of rotatable bonds is 13. The van der Waals surface area contributed by atoms with Gasteiger partial charge in [-0.1, -0.05) is 24.3 Å². The van der Waals surface area contributed by atoms with E-state index in [0.29, 0.717) is 68.0 Å². The molecule has 3 amide bonds. The Hall–Kier alpha value is -4.97. The van der Waals surface area contributed by atoms with E-state index in [1.165, 1.54) is 10.1 Å². The summed E-state index contributed by atoms with van der Waals surface area (Å²) in [7, 11) is 4.95. The van der Waals surface area contributed by atoms with E-state index in [2.05, 4.69) is 50.0 Å². The maximum absolute atomic E-state index is 12.7. The molecule has 12 nitrogen and oxygen atoms in total. The highest BCUT2D eigenvalue weighted by molar-refractivity contribution is 5.98. The van der Waals surface area contributed by atoms with E-state index in [1.54, 1.807) is 33.7 Å². The summed E-state index contributed by atoms with van der Waals surface area (Å²) in [6, 6.07) is 12.5. The number of imide groups is 1. The maximum Gasteiger partial charge on any atom is 0.276 e. The van der Waals surface area contributed by atoms with Crippen molar-refractivity contribution in [3.05, 3.63) is 75.8 Å². The Morgan fingerprint density at radius 2 is 1.74 bits per heavy atom. The van der Waals surface area contributed by atoms with Crippen molar-refractivity contribution < 1.29 is 23.9 Å². The highest BCUT2D eigenvalue weighted by atomic mass is 16.5. The average Bonchev–Trinajstić information content (AvgIpc) is 3.62. The molecular weight excluding hydrogens is 636 g/mol. The van der Waals surface area contributed by atoms with Gasteiger partial charge < -0.3 is 24.3 Å². The number of piperidine rings is 2. The first kappa shape index (κ1) is 34.9. The van der Waals surface area contributed by atoms with Crippen LogP contribution in [-0.4, -0.2) is 77.8 Å². The van der Waals surface area contributed by atoms with E-state index in [1.807, 2.05) is 12.1 Å². The summed E-state index contributed by atoms with van der Waals surface area (Å²) < 4.78 is 13.1. The van der Waals surface area contributed by atoms with Crippen molar-refractivity contribution in [1.29, 1.82) is 0 Å². The van der Waals surface area contributed by atoms with Crippen molar-refractivity contribution in [3.63, 3.8) is 0 Å². The molecule has 0 radical (unpaired) electrons. The van der Waals surface area contributed by atoms with Crippen LogP contribution in [0.5, 0.6) is 11.5 Å². The molecule has 4 heterocycles. The minimum absolute atomic E-state index is 0.0272. The number of aromatic nitrogens is 3. The summed E-state index contributed by atoms with van der Waals surface area (Å²) in [5, 5.41) is 13.1. The van der Waals surface area contributed by atoms with Gasteiger partial charge in [0.2, 0.25) is 17.7 Å². The lowest BCUT2D eigenvalue weighted by atomic mass is 9.87. The van der Waals surface area contributed by atoms with Crippen LogP contribution in [0, 0.1) is 5.92 Å². The Morgan fingerprint density at radius 3 is 2.42 bits per heavy atom. The number of nitrogens with zero attached hydrogens (tertiary/aromatic N) is 3. The molecule has 4 aromatic rings. The summed E-state index contributed by atoms with van der Waals surface area (Å²) in [5.41, 5.74) is 5.31. The number of carbonyl (C=O) groups excluding carboxylic acids is 3. The molecule has 12 heteroatoms. The lowest BCUT2D eigenvalue weighted by molar-refractivity contribution is -0.136. The summed E-state index contributed by atoms with van der Waals surface area (Å²) in [6.07, 6.45) is 8.90. The monoisotopic (exact) mass is 682 g/mol. The Balaban J connectivity index is 0.939. The number of likely N-dealkylation sites (tertiary alicyclic amines) is 1. The van der Waals surface area contributed by atoms with Crippen LogP contribution in [-0.2, 0) is 34.3 Å². The summed E-state index contributed by atoms with van der Waals surface area (Å²) in [5.74, 6) is 1.39. The van der Waals surface area contributed by atoms with Crippen LogP contribution in [0.1, 0.15) is 61.1 Å². The minimum Gasteiger partial charge on any atom is -0.496 e. The smallest absolute Gasteiger partial charge is 0.276 e. The Morgan fingerprint density at radius 1 is 1.02 bits per heavy atom. The molecule has 2 aromatic heterocycles. The zero-order chi connectivity index (χ0) is 35.2. The molecule has 0 spiro atoms. The molecule has 6 rings (SSSR count). The van der Waals surface area contributed by atoms with Crippen molar-refractivity contribution in [2.24, 2.45) is 13.0 Å². The van der Waals surface area contributed by atoms with Crippen molar-refractivity contribution in [3.8, 4) is 22.6 Å². The molecule has 264 valence electrons. The second-order valence-corrected chi connectivity index (χ2v) is 13.4. The molecule has 0 saturated carbocycles. The van der Waals surface area contributed by atoms with Crippen LogP contribution in [0.2, 0.25) is 0 Å². The zero-order valence-corrected chi connectivity index (χ0v) is 29.0. The van der Waals surface area contributed by atoms with Crippen molar-refractivity contribution in [2.45, 2.75) is 57.3 Å². The summed E-state index contributed by atoms with van der Waals surface area (Å²) in [4.78, 5) is 51.2. The molecule has 2 aliphatic heterocycles. The second-order valence-electron chi connectivity index (χ2n) is 13.4. The number of carbonyl (C=O) groups is 3. The number of pyridine rings is 1. The van der Waals surface area contributed by atoms with Gasteiger partial charge in [-0.3, -0.25) is 29.6 Å². The first-order chi connectivity index (χ1) is 24.2. The first-order valence-corrected chi connectivity index (χ1v) is 17.4. The SMILES string of the molecule is COc1cc(-c2cn(C)c(=O)c3[nH]ncc23)cc(OC)c1CCCC(=O)NCCN1CCC(c2ccc(CC3CCC(=O)NC3=O)cc2)CC1. The highest BCUT2D eigenvalue weighted by Gasteiger charge is 2.27. The number of amides is 3.